The lowest BCUT2D eigenvalue weighted by molar-refractivity contribution is -0.166. The van der Waals surface area contributed by atoms with Crippen molar-refractivity contribution in [3.63, 3.8) is 0 Å². The zero-order valence-corrected chi connectivity index (χ0v) is 22.1. The van der Waals surface area contributed by atoms with Gasteiger partial charge in [0.25, 0.3) is 0 Å². The number of carbonyl (C=O) groups excluding carboxylic acids is 1. The van der Waals surface area contributed by atoms with Crippen LogP contribution in [0.2, 0.25) is 0 Å². The summed E-state index contributed by atoms with van der Waals surface area (Å²) in [7, 11) is 0. The second kappa shape index (κ2) is 11.7. The molecule has 2 saturated heterocycles. The van der Waals surface area contributed by atoms with Crippen molar-refractivity contribution >= 4 is 5.97 Å². The van der Waals surface area contributed by atoms with Gasteiger partial charge in [-0.1, -0.05) is 31.2 Å². The summed E-state index contributed by atoms with van der Waals surface area (Å²) >= 11 is 0. The van der Waals surface area contributed by atoms with Crippen molar-refractivity contribution in [3.8, 4) is 11.5 Å². The van der Waals surface area contributed by atoms with Crippen LogP contribution in [0.15, 0.2) is 48.5 Å². The zero-order chi connectivity index (χ0) is 25.6. The normalized spacial score (nSPS) is 22.3. The maximum absolute atomic E-state index is 13.2. The summed E-state index contributed by atoms with van der Waals surface area (Å²) in [6.07, 6.45) is 6.42. The van der Waals surface area contributed by atoms with E-state index in [0.29, 0.717) is 6.42 Å². The molecule has 0 bridgehead atoms. The van der Waals surface area contributed by atoms with E-state index in [1.165, 1.54) is 0 Å². The molecule has 2 heterocycles. The van der Waals surface area contributed by atoms with E-state index in [9.17, 15) is 4.79 Å². The van der Waals surface area contributed by atoms with E-state index < -0.39 is 11.0 Å². The molecule has 0 radical (unpaired) electrons. The van der Waals surface area contributed by atoms with Crippen molar-refractivity contribution in [2.45, 2.75) is 90.8 Å². The highest BCUT2D eigenvalue weighted by molar-refractivity contribution is 5.77. The zero-order valence-electron chi connectivity index (χ0n) is 22.1. The van der Waals surface area contributed by atoms with Gasteiger partial charge < -0.3 is 23.7 Å². The molecule has 2 aliphatic heterocycles. The van der Waals surface area contributed by atoms with E-state index in [2.05, 4.69) is 0 Å². The maximum Gasteiger partial charge on any atom is 0.312 e. The third-order valence-corrected chi connectivity index (χ3v) is 7.35. The Balaban J connectivity index is 1.57. The van der Waals surface area contributed by atoms with Gasteiger partial charge >= 0.3 is 5.97 Å². The van der Waals surface area contributed by atoms with Crippen LogP contribution in [0.5, 0.6) is 11.5 Å². The fourth-order valence-electron chi connectivity index (χ4n) is 4.37. The van der Waals surface area contributed by atoms with Gasteiger partial charge in [-0.05, 0) is 77.1 Å². The van der Waals surface area contributed by atoms with E-state index in [0.717, 1.165) is 74.4 Å². The van der Waals surface area contributed by atoms with E-state index in [1.807, 2.05) is 76.2 Å². The van der Waals surface area contributed by atoms with Gasteiger partial charge in [-0.2, -0.15) is 0 Å². The monoisotopic (exact) mass is 496 g/mol. The first-order valence-electron chi connectivity index (χ1n) is 13.3. The highest BCUT2D eigenvalue weighted by Crippen LogP contribution is 2.38. The van der Waals surface area contributed by atoms with Crippen LogP contribution in [0, 0.1) is 5.41 Å². The van der Waals surface area contributed by atoms with Gasteiger partial charge in [0.1, 0.15) is 11.5 Å². The standard InChI is InChI=1S/C30H40O6/c1-5-29(2,3)28(31)36-30(4,22-12-16-24(17-13-22)34-26-10-6-8-20-32-26)23-14-18-25(19-15-23)35-27-11-7-9-21-33-27/h12-19,26-27H,5-11,20-21H2,1-4H3. The number of ether oxygens (including phenoxy) is 5. The molecule has 196 valence electrons. The number of esters is 1. The Bertz CT molecular complexity index is 906. The lowest BCUT2D eigenvalue weighted by atomic mass is 9.86. The number of benzene rings is 2. The minimum atomic E-state index is -0.983. The van der Waals surface area contributed by atoms with Crippen molar-refractivity contribution < 1.29 is 28.5 Å². The minimum absolute atomic E-state index is 0.208. The van der Waals surface area contributed by atoms with Crippen LogP contribution in [0.4, 0.5) is 0 Å². The van der Waals surface area contributed by atoms with Crippen LogP contribution in [0.25, 0.3) is 0 Å². The number of hydrogen-bond acceptors (Lipinski definition) is 6. The molecule has 6 heteroatoms. The molecule has 2 atom stereocenters. The number of carbonyl (C=O) groups is 1. The first-order chi connectivity index (χ1) is 17.3. The average Bonchev–Trinajstić information content (AvgIpc) is 2.90. The van der Waals surface area contributed by atoms with Crippen molar-refractivity contribution in [1.29, 1.82) is 0 Å². The molecule has 0 aromatic heterocycles. The van der Waals surface area contributed by atoms with Gasteiger partial charge in [-0.15, -0.1) is 0 Å². The Labute approximate surface area is 215 Å². The Morgan fingerprint density at radius 1 is 0.778 bits per heavy atom. The fraction of sp³-hybridized carbons (Fsp3) is 0.567. The Morgan fingerprint density at radius 2 is 1.22 bits per heavy atom. The van der Waals surface area contributed by atoms with Crippen molar-refractivity contribution in [3.05, 3.63) is 59.7 Å². The molecule has 2 fully saturated rings. The average molecular weight is 497 g/mol. The molecule has 0 spiro atoms. The van der Waals surface area contributed by atoms with Crippen LogP contribution in [-0.2, 0) is 24.6 Å². The molecule has 2 unspecified atom stereocenters. The molecule has 0 N–H and O–H groups in total. The van der Waals surface area contributed by atoms with E-state index in [-0.39, 0.29) is 18.5 Å². The molecule has 2 aliphatic rings. The number of rotatable bonds is 9. The third-order valence-electron chi connectivity index (χ3n) is 7.35. The van der Waals surface area contributed by atoms with Crippen molar-refractivity contribution in [2.75, 3.05) is 13.2 Å². The summed E-state index contributed by atoms with van der Waals surface area (Å²) in [5.74, 6) is 1.24. The summed E-state index contributed by atoms with van der Waals surface area (Å²) in [5, 5.41) is 0. The molecular formula is C30H40O6. The van der Waals surface area contributed by atoms with Gasteiger partial charge in [0.05, 0.1) is 18.6 Å². The second-order valence-electron chi connectivity index (χ2n) is 10.5. The summed E-state index contributed by atoms with van der Waals surface area (Å²) < 4.78 is 29.7. The minimum Gasteiger partial charge on any atom is -0.465 e. The number of hydrogen-bond donors (Lipinski definition) is 0. The van der Waals surface area contributed by atoms with E-state index in [1.54, 1.807) is 0 Å². The van der Waals surface area contributed by atoms with Gasteiger partial charge in [0.2, 0.25) is 0 Å². The van der Waals surface area contributed by atoms with Crippen LogP contribution in [0.1, 0.15) is 83.8 Å². The van der Waals surface area contributed by atoms with Crippen LogP contribution < -0.4 is 9.47 Å². The highest BCUT2D eigenvalue weighted by atomic mass is 16.7. The van der Waals surface area contributed by atoms with Crippen LogP contribution in [0.3, 0.4) is 0 Å². The Morgan fingerprint density at radius 3 is 1.58 bits per heavy atom. The topological polar surface area (TPSA) is 63.2 Å². The van der Waals surface area contributed by atoms with Gasteiger partial charge in [0, 0.05) is 24.0 Å². The molecule has 2 aromatic rings. The van der Waals surface area contributed by atoms with Gasteiger partial charge in [0.15, 0.2) is 18.2 Å². The molecule has 4 rings (SSSR count). The van der Waals surface area contributed by atoms with Crippen molar-refractivity contribution in [2.24, 2.45) is 5.41 Å². The predicted molar refractivity (Wildman–Crippen MR) is 138 cm³/mol. The highest BCUT2D eigenvalue weighted by Gasteiger charge is 2.38. The molecule has 2 aromatic carbocycles. The van der Waals surface area contributed by atoms with E-state index >= 15 is 0 Å². The van der Waals surface area contributed by atoms with Gasteiger partial charge in [-0.3, -0.25) is 4.79 Å². The summed E-state index contributed by atoms with van der Waals surface area (Å²) in [6.45, 7) is 9.23. The maximum atomic E-state index is 13.2. The molecular weight excluding hydrogens is 456 g/mol. The molecule has 0 saturated carbocycles. The molecule has 6 nitrogen and oxygen atoms in total. The molecule has 0 amide bonds. The fourth-order valence-corrected chi connectivity index (χ4v) is 4.37. The smallest absolute Gasteiger partial charge is 0.312 e. The third kappa shape index (κ3) is 6.40. The first kappa shape index (κ1) is 26.5. The quantitative estimate of drug-likeness (QED) is 0.358. The van der Waals surface area contributed by atoms with Crippen molar-refractivity contribution in [1.82, 2.24) is 0 Å². The molecule has 0 aliphatic carbocycles. The Kier molecular flexibility index (Phi) is 8.58. The van der Waals surface area contributed by atoms with Crippen LogP contribution >= 0.6 is 0 Å². The lowest BCUT2D eigenvalue weighted by Crippen LogP contribution is -2.36. The summed E-state index contributed by atoms with van der Waals surface area (Å²) in [4.78, 5) is 13.2. The summed E-state index contributed by atoms with van der Waals surface area (Å²) in [5.41, 5.74) is 0.153. The van der Waals surface area contributed by atoms with Gasteiger partial charge in [-0.25, -0.2) is 0 Å². The summed E-state index contributed by atoms with van der Waals surface area (Å²) in [6, 6.07) is 15.5. The predicted octanol–water partition coefficient (Wildman–Crippen LogP) is 6.74. The lowest BCUT2D eigenvalue weighted by Gasteiger charge is -2.34. The van der Waals surface area contributed by atoms with Crippen LogP contribution in [-0.4, -0.2) is 31.8 Å². The SMILES string of the molecule is CCC(C)(C)C(=O)OC(C)(c1ccc(OC2CCCCO2)cc1)c1ccc(OC2CCCCO2)cc1. The first-order valence-corrected chi connectivity index (χ1v) is 13.3. The second-order valence-corrected chi connectivity index (χ2v) is 10.5. The molecule has 36 heavy (non-hydrogen) atoms. The largest absolute Gasteiger partial charge is 0.465 e. The van der Waals surface area contributed by atoms with E-state index in [4.69, 9.17) is 23.7 Å². The Hall–Kier alpha value is -2.57.